The number of hydrogen-bond acceptors (Lipinski definition) is 10. The van der Waals surface area contributed by atoms with Crippen molar-refractivity contribution in [3.8, 4) is 0 Å². The van der Waals surface area contributed by atoms with Crippen molar-refractivity contribution in [3.05, 3.63) is 0 Å². The monoisotopic (exact) mass is 602 g/mol. The summed E-state index contributed by atoms with van der Waals surface area (Å²) in [5.74, 6) is -0.571. The van der Waals surface area contributed by atoms with E-state index in [-0.39, 0.29) is 70.0 Å². The first-order valence-corrected chi connectivity index (χ1v) is 9.96. The second-order valence-electron chi connectivity index (χ2n) is 8.39. The molecule has 1 aliphatic heterocycles. The molecule has 1 saturated heterocycles. The molecule has 0 aromatic rings. The standard InChI is InChI=1S/C18H36N4O3.2CO2.Gd/c1-18(2,3)16(23)14-21-10-8-19(4)6-7-20(5)9-11-22(13-12-21)15-17(24)25;2*2-1-3;/h6-15H2,1-5H3,(H,24,25);;;. The number of hydrogen-bond donors (Lipinski definition) is 1. The van der Waals surface area contributed by atoms with Gasteiger partial charge in [0.15, 0.2) is 5.78 Å². The van der Waals surface area contributed by atoms with Gasteiger partial charge >= 0.3 is 18.3 Å². The predicted octanol–water partition coefficient (Wildman–Crippen LogP) is -1.000. The Labute approximate surface area is 222 Å². The third-order valence-corrected chi connectivity index (χ3v) is 4.75. The largest absolute Gasteiger partial charge is 0.480 e. The minimum atomic E-state index is -0.799. The van der Waals surface area contributed by atoms with Gasteiger partial charge in [-0.3, -0.25) is 19.4 Å². The number of aliphatic carboxylic acids is 1. The molecular weight excluding hydrogens is 565 g/mol. The molecule has 32 heavy (non-hydrogen) atoms. The second kappa shape index (κ2) is 20.7. The number of carboxylic acid groups (broad SMARTS) is 1. The fraction of sp³-hybridized carbons (Fsp3) is 0.800. The Balaban J connectivity index is -0.00000108. The van der Waals surface area contributed by atoms with Crippen molar-refractivity contribution in [2.45, 2.75) is 20.8 Å². The molecule has 1 N–H and O–H groups in total. The zero-order chi connectivity index (χ0) is 24.4. The molecule has 1 heterocycles. The van der Waals surface area contributed by atoms with Gasteiger partial charge in [-0.05, 0) is 14.1 Å². The fourth-order valence-corrected chi connectivity index (χ4v) is 2.64. The van der Waals surface area contributed by atoms with Crippen molar-refractivity contribution in [3.63, 3.8) is 0 Å². The molecule has 12 heteroatoms. The molecule has 0 spiro atoms. The summed E-state index contributed by atoms with van der Waals surface area (Å²) in [5, 5.41) is 9.14. The molecule has 0 aromatic carbocycles. The van der Waals surface area contributed by atoms with Crippen molar-refractivity contribution < 1.29 is 73.8 Å². The zero-order valence-corrected chi connectivity index (χ0v) is 21.9. The first-order valence-electron chi connectivity index (χ1n) is 9.96. The van der Waals surface area contributed by atoms with E-state index in [1.165, 1.54) is 0 Å². The van der Waals surface area contributed by atoms with E-state index in [1.54, 1.807) is 0 Å². The Bertz CT molecular complexity index is 589. The Morgan fingerprint density at radius 3 is 1.31 bits per heavy atom. The van der Waals surface area contributed by atoms with Crippen molar-refractivity contribution in [1.29, 1.82) is 0 Å². The van der Waals surface area contributed by atoms with Gasteiger partial charge in [-0.15, -0.1) is 0 Å². The van der Waals surface area contributed by atoms with Crippen LogP contribution in [0.3, 0.4) is 0 Å². The minimum Gasteiger partial charge on any atom is -0.480 e. The SMILES string of the molecule is CN1CCN(C)CCN(CC(=O)C(C)(C)C)CCN(CC(=O)O)CC1.O=C=O.O=C=O.[Gd]. The quantitative estimate of drug-likeness (QED) is 0.425. The Morgan fingerprint density at radius 1 is 0.719 bits per heavy atom. The van der Waals surface area contributed by atoms with Crippen LogP contribution in [0.25, 0.3) is 0 Å². The van der Waals surface area contributed by atoms with E-state index in [4.69, 9.17) is 24.3 Å². The molecule has 1 aliphatic rings. The van der Waals surface area contributed by atoms with Gasteiger partial charge < -0.3 is 14.9 Å². The van der Waals surface area contributed by atoms with Crippen molar-refractivity contribution in [2.75, 3.05) is 79.5 Å². The van der Waals surface area contributed by atoms with E-state index >= 15 is 0 Å². The normalized spacial score (nSPS) is 17.3. The summed E-state index contributed by atoms with van der Waals surface area (Å²) in [7, 11) is 4.19. The number of nitrogens with zero attached hydrogens (tertiary/aromatic N) is 4. The zero-order valence-electron chi connectivity index (χ0n) is 19.6. The van der Waals surface area contributed by atoms with Gasteiger partial charge in [-0.1, -0.05) is 20.8 Å². The van der Waals surface area contributed by atoms with Crippen LogP contribution in [0.1, 0.15) is 20.8 Å². The maximum absolute atomic E-state index is 12.4. The molecule has 0 unspecified atom stereocenters. The van der Waals surface area contributed by atoms with Gasteiger partial charge in [0, 0.05) is 97.7 Å². The molecule has 0 bridgehead atoms. The van der Waals surface area contributed by atoms with Crippen molar-refractivity contribution in [1.82, 2.24) is 19.6 Å². The Kier molecular flexibility index (Phi) is 23.0. The summed E-state index contributed by atoms with van der Waals surface area (Å²) >= 11 is 0. The molecule has 0 aliphatic carbocycles. The second-order valence-corrected chi connectivity index (χ2v) is 8.39. The topological polar surface area (TPSA) is 136 Å². The maximum Gasteiger partial charge on any atom is 0.373 e. The molecule has 1 rings (SSSR count). The van der Waals surface area contributed by atoms with Crippen LogP contribution in [0.5, 0.6) is 0 Å². The van der Waals surface area contributed by atoms with Crippen LogP contribution >= 0.6 is 0 Å². The summed E-state index contributed by atoms with van der Waals surface area (Å²) in [4.78, 5) is 64.7. The van der Waals surface area contributed by atoms with Gasteiger partial charge in [-0.2, -0.15) is 19.2 Å². The fourth-order valence-electron chi connectivity index (χ4n) is 2.64. The van der Waals surface area contributed by atoms with E-state index in [1.807, 2.05) is 25.7 Å². The van der Waals surface area contributed by atoms with Crippen molar-refractivity contribution >= 4 is 24.1 Å². The van der Waals surface area contributed by atoms with Gasteiger partial charge in [0.2, 0.25) is 0 Å². The summed E-state index contributed by atoms with van der Waals surface area (Å²) in [6.07, 6.45) is 0.500. The minimum absolute atomic E-state index is 0. The van der Waals surface area contributed by atoms with Crippen LogP contribution in [-0.2, 0) is 28.8 Å². The number of likely N-dealkylation sites (N-methyl/N-ethyl adjacent to an activating group) is 2. The van der Waals surface area contributed by atoms with Crippen LogP contribution in [0.2, 0.25) is 0 Å². The van der Waals surface area contributed by atoms with Crippen LogP contribution in [-0.4, -0.2) is 128 Å². The summed E-state index contributed by atoms with van der Waals surface area (Å²) < 4.78 is 0. The Hall–Kier alpha value is -0.935. The Morgan fingerprint density at radius 2 is 1.00 bits per heavy atom. The number of carbonyl (C=O) groups excluding carboxylic acids is 5. The molecule has 0 radical (unpaired) electrons. The van der Waals surface area contributed by atoms with E-state index in [0.717, 1.165) is 39.3 Å². The van der Waals surface area contributed by atoms with E-state index < -0.39 is 5.97 Å². The summed E-state index contributed by atoms with van der Waals surface area (Å²) in [6, 6.07) is 0. The molecular formula is C20H36GdN4O7. The van der Waals surface area contributed by atoms with Crippen LogP contribution in [0, 0.1) is 45.4 Å². The van der Waals surface area contributed by atoms with E-state index in [2.05, 4.69) is 28.8 Å². The van der Waals surface area contributed by atoms with Crippen LogP contribution < -0.4 is 0 Å². The molecule has 0 aromatic heterocycles. The van der Waals surface area contributed by atoms with Crippen LogP contribution in [0.4, 0.5) is 0 Å². The van der Waals surface area contributed by atoms with Gasteiger partial charge in [0.25, 0.3) is 0 Å². The first-order chi connectivity index (χ1) is 14.4. The summed E-state index contributed by atoms with van der Waals surface area (Å²) in [5.41, 5.74) is -0.348. The molecule has 0 atom stereocenters. The third kappa shape index (κ3) is 20.9. The summed E-state index contributed by atoms with van der Waals surface area (Å²) in [6.45, 7) is 12.9. The number of Topliss-reactive ketones (excluding diaryl/α,β-unsaturated/α-hetero) is 1. The molecule has 186 valence electrons. The first kappa shape index (κ1) is 35.7. The smallest absolute Gasteiger partial charge is 0.373 e. The van der Waals surface area contributed by atoms with Crippen molar-refractivity contribution in [2.24, 2.45) is 5.41 Å². The average molecular weight is 602 g/mol. The maximum atomic E-state index is 12.4. The number of ketones is 1. The molecule has 1 fully saturated rings. The van der Waals surface area contributed by atoms with Gasteiger partial charge in [0.05, 0.1) is 13.1 Å². The number of rotatable bonds is 4. The third-order valence-electron chi connectivity index (χ3n) is 4.75. The van der Waals surface area contributed by atoms with Gasteiger partial charge in [0.1, 0.15) is 0 Å². The predicted molar refractivity (Wildman–Crippen MR) is 110 cm³/mol. The molecule has 11 nitrogen and oxygen atoms in total. The molecule has 0 amide bonds. The number of carboxylic acids is 1. The number of carbonyl (C=O) groups is 2. The van der Waals surface area contributed by atoms with Crippen LogP contribution in [0.15, 0.2) is 0 Å². The molecule has 0 saturated carbocycles. The van der Waals surface area contributed by atoms with Gasteiger partial charge in [-0.25, -0.2) is 0 Å². The van der Waals surface area contributed by atoms with E-state index in [0.29, 0.717) is 19.6 Å². The average Bonchev–Trinajstić information content (AvgIpc) is 2.65. The van der Waals surface area contributed by atoms with E-state index in [9.17, 15) is 9.59 Å².